The highest BCUT2D eigenvalue weighted by Gasteiger charge is 2.13. The van der Waals surface area contributed by atoms with Crippen LogP contribution in [-0.4, -0.2) is 49.7 Å². The monoisotopic (exact) mass is 538 g/mol. The van der Waals surface area contributed by atoms with E-state index < -0.39 is 0 Å². The second kappa shape index (κ2) is 22.1. The Kier molecular flexibility index (Phi) is 18.4. The largest absolute Gasteiger partial charge is 0.356 e. The molecule has 0 aliphatic rings. The summed E-state index contributed by atoms with van der Waals surface area (Å²) in [4.78, 5) is 22.9. The molecule has 2 aromatic rings. The van der Waals surface area contributed by atoms with Crippen LogP contribution in [0.3, 0.4) is 0 Å². The molecule has 0 saturated carbocycles. The third kappa shape index (κ3) is 16.1. The molecule has 0 unspecified atom stereocenters. The van der Waals surface area contributed by atoms with Gasteiger partial charge in [-0.15, -0.1) is 0 Å². The summed E-state index contributed by atoms with van der Waals surface area (Å²) in [5.41, 5.74) is 4.40. The average Bonchev–Trinajstić information content (AvgIpc) is 2.97. The lowest BCUT2D eigenvalue weighted by Gasteiger charge is -2.18. The minimum absolute atomic E-state index is 0.141. The topological polar surface area (TPSA) is 102 Å². The van der Waals surface area contributed by atoms with Crippen LogP contribution in [0.1, 0.15) is 94.1 Å². The summed E-state index contributed by atoms with van der Waals surface area (Å²) in [6.45, 7) is 4.71. The molecule has 0 aromatic heterocycles. The van der Waals surface area contributed by atoms with E-state index in [9.17, 15) is 9.59 Å². The van der Waals surface area contributed by atoms with Crippen LogP contribution in [0.4, 0.5) is 0 Å². The number of carbonyl (C=O) groups is 2. The predicted molar refractivity (Wildman–Crippen MR) is 159 cm³/mol. The van der Waals surface area contributed by atoms with E-state index >= 15 is 0 Å². The number of benzene rings is 2. The first kappa shape index (κ1) is 32.5. The summed E-state index contributed by atoms with van der Waals surface area (Å²) >= 11 is 0. The number of unbranched alkanes of at least 4 members (excludes halogenated alkanes) is 6. The number of nitrogens with one attached hydrogen (secondary N) is 4. The molecule has 216 valence electrons. The second-order valence-electron chi connectivity index (χ2n) is 10.2. The number of amides is 2. The van der Waals surface area contributed by atoms with E-state index in [0.29, 0.717) is 18.8 Å². The van der Waals surface area contributed by atoms with Crippen molar-refractivity contribution in [3.8, 4) is 0 Å². The smallest absolute Gasteiger partial charge is 0.243 e. The van der Waals surface area contributed by atoms with Crippen LogP contribution < -0.4 is 21.4 Å². The van der Waals surface area contributed by atoms with Gasteiger partial charge in [-0.25, -0.2) is 5.48 Å². The Morgan fingerprint density at radius 1 is 0.564 bits per heavy atom. The lowest BCUT2D eigenvalue weighted by Crippen LogP contribution is -2.27. The molecule has 2 amide bonds. The SMILES string of the molecule is O=C(CCCCCCCCC(=O)NCCCNCCCCNCCC(c1ccccc1)c1ccccc1)NO. The lowest BCUT2D eigenvalue weighted by atomic mass is 9.88. The van der Waals surface area contributed by atoms with Gasteiger partial charge in [0.25, 0.3) is 0 Å². The van der Waals surface area contributed by atoms with E-state index in [1.807, 2.05) is 0 Å². The van der Waals surface area contributed by atoms with Gasteiger partial charge in [0.1, 0.15) is 0 Å². The molecule has 39 heavy (non-hydrogen) atoms. The maximum Gasteiger partial charge on any atom is 0.243 e. The zero-order valence-corrected chi connectivity index (χ0v) is 23.6. The highest BCUT2D eigenvalue weighted by Crippen LogP contribution is 2.27. The van der Waals surface area contributed by atoms with E-state index in [4.69, 9.17) is 5.21 Å². The molecule has 0 bridgehead atoms. The van der Waals surface area contributed by atoms with Crippen molar-refractivity contribution in [1.29, 1.82) is 0 Å². The van der Waals surface area contributed by atoms with Crippen molar-refractivity contribution >= 4 is 11.8 Å². The van der Waals surface area contributed by atoms with Crippen molar-refractivity contribution < 1.29 is 14.8 Å². The first-order valence-corrected chi connectivity index (χ1v) is 14.9. The molecule has 0 spiro atoms. The normalized spacial score (nSPS) is 11.0. The van der Waals surface area contributed by atoms with Crippen molar-refractivity contribution in [2.45, 2.75) is 83.0 Å². The molecule has 0 aliphatic carbocycles. The van der Waals surface area contributed by atoms with E-state index in [0.717, 1.165) is 96.9 Å². The standard InChI is InChI=1S/C32H50N4O3/c37-31(20-11-3-1-2-4-12-21-32(38)36-39)35-26-15-25-33-23-13-14-24-34-27-22-30(28-16-7-5-8-17-28)29-18-9-6-10-19-29/h5-10,16-19,30,33-34,39H,1-4,11-15,20-27H2,(H,35,37)(H,36,38). The maximum atomic E-state index is 11.9. The molecule has 0 aliphatic heterocycles. The number of hydroxylamine groups is 1. The van der Waals surface area contributed by atoms with Crippen LogP contribution in [0.5, 0.6) is 0 Å². The number of hydrogen-bond donors (Lipinski definition) is 5. The van der Waals surface area contributed by atoms with E-state index in [1.54, 1.807) is 5.48 Å². The van der Waals surface area contributed by atoms with E-state index in [1.165, 1.54) is 11.1 Å². The van der Waals surface area contributed by atoms with Gasteiger partial charge in [0.05, 0.1) is 0 Å². The molecule has 2 aromatic carbocycles. The zero-order valence-electron chi connectivity index (χ0n) is 23.6. The first-order valence-electron chi connectivity index (χ1n) is 14.9. The molecule has 2 rings (SSSR count). The summed E-state index contributed by atoms with van der Waals surface area (Å²) in [6, 6.07) is 21.6. The van der Waals surface area contributed by atoms with Gasteiger partial charge in [-0.05, 0) is 75.8 Å². The van der Waals surface area contributed by atoms with Gasteiger partial charge < -0.3 is 16.0 Å². The Bertz CT molecular complexity index is 840. The quantitative estimate of drug-likeness (QED) is 0.0751. The van der Waals surface area contributed by atoms with Crippen LogP contribution in [-0.2, 0) is 9.59 Å². The molecule has 0 saturated heterocycles. The zero-order chi connectivity index (χ0) is 27.8. The Morgan fingerprint density at radius 3 is 1.62 bits per heavy atom. The highest BCUT2D eigenvalue weighted by molar-refractivity contribution is 5.75. The Balaban J connectivity index is 1.37. The van der Waals surface area contributed by atoms with Crippen LogP contribution in [0, 0.1) is 0 Å². The van der Waals surface area contributed by atoms with Gasteiger partial charge in [0, 0.05) is 25.3 Å². The number of hydrogen-bond acceptors (Lipinski definition) is 5. The molecule has 7 heteroatoms. The van der Waals surface area contributed by atoms with Crippen molar-refractivity contribution in [2.24, 2.45) is 0 Å². The third-order valence-electron chi connectivity index (χ3n) is 7.01. The maximum absolute atomic E-state index is 11.9. The minimum atomic E-state index is -0.322. The van der Waals surface area contributed by atoms with Crippen LogP contribution >= 0.6 is 0 Å². The summed E-state index contributed by atoms with van der Waals surface area (Å²) in [5, 5.41) is 18.6. The fourth-order valence-electron chi connectivity index (χ4n) is 4.76. The number of rotatable bonds is 23. The Morgan fingerprint density at radius 2 is 1.05 bits per heavy atom. The van der Waals surface area contributed by atoms with Crippen molar-refractivity contribution in [3.05, 3.63) is 71.8 Å². The van der Waals surface area contributed by atoms with Crippen LogP contribution in [0.15, 0.2) is 60.7 Å². The predicted octanol–water partition coefficient (Wildman–Crippen LogP) is 5.30. The summed E-state index contributed by atoms with van der Waals surface area (Å²) < 4.78 is 0. The Labute approximate surface area is 235 Å². The average molecular weight is 539 g/mol. The molecule has 5 N–H and O–H groups in total. The van der Waals surface area contributed by atoms with E-state index in [-0.39, 0.29) is 11.8 Å². The Hall–Kier alpha value is -2.74. The van der Waals surface area contributed by atoms with Gasteiger partial charge in [0.2, 0.25) is 11.8 Å². The highest BCUT2D eigenvalue weighted by atomic mass is 16.5. The van der Waals surface area contributed by atoms with Crippen molar-refractivity contribution in [2.75, 3.05) is 32.7 Å². The molecular weight excluding hydrogens is 488 g/mol. The minimum Gasteiger partial charge on any atom is -0.356 e. The van der Waals surface area contributed by atoms with Crippen molar-refractivity contribution in [3.63, 3.8) is 0 Å². The molecule has 7 nitrogen and oxygen atoms in total. The summed E-state index contributed by atoms with van der Waals surface area (Å²) in [7, 11) is 0. The molecule has 0 fully saturated rings. The fraction of sp³-hybridized carbons (Fsp3) is 0.562. The third-order valence-corrected chi connectivity index (χ3v) is 7.01. The van der Waals surface area contributed by atoms with Gasteiger partial charge in [-0.3, -0.25) is 14.8 Å². The van der Waals surface area contributed by atoms with Gasteiger partial charge >= 0.3 is 0 Å². The molecule has 0 atom stereocenters. The second-order valence-corrected chi connectivity index (χ2v) is 10.2. The van der Waals surface area contributed by atoms with Gasteiger partial charge in [0.15, 0.2) is 0 Å². The fourth-order valence-corrected chi connectivity index (χ4v) is 4.76. The van der Waals surface area contributed by atoms with Crippen LogP contribution in [0.2, 0.25) is 0 Å². The summed E-state index contributed by atoms with van der Waals surface area (Å²) in [5.74, 6) is 0.243. The lowest BCUT2D eigenvalue weighted by molar-refractivity contribution is -0.129. The first-order chi connectivity index (χ1) is 19.2. The number of carbonyl (C=O) groups excluding carboxylic acids is 2. The van der Waals surface area contributed by atoms with E-state index in [2.05, 4.69) is 76.6 Å². The van der Waals surface area contributed by atoms with Crippen LogP contribution in [0.25, 0.3) is 0 Å². The summed E-state index contributed by atoms with van der Waals surface area (Å²) in [6.07, 6.45) is 11.2. The van der Waals surface area contributed by atoms with Gasteiger partial charge in [-0.2, -0.15) is 0 Å². The molecular formula is C32H50N4O3. The molecule has 0 radical (unpaired) electrons. The van der Waals surface area contributed by atoms with Crippen molar-refractivity contribution in [1.82, 2.24) is 21.4 Å². The molecule has 0 heterocycles. The van der Waals surface area contributed by atoms with Gasteiger partial charge in [-0.1, -0.05) is 86.3 Å².